The van der Waals surface area contributed by atoms with Crippen molar-refractivity contribution in [3.8, 4) is 17.6 Å². The number of nitriles is 1. The average molecular weight is 382 g/mol. The fourth-order valence-corrected chi connectivity index (χ4v) is 5.06. The van der Waals surface area contributed by atoms with Gasteiger partial charge in [-0.2, -0.15) is 5.26 Å². The summed E-state index contributed by atoms with van der Waals surface area (Å²) >= 11 is 0. The fraction of sp³-hybridized carbons (Fsp3) is 0.240. The number of phenols is 1. The number of anilines is 1. The van der Waals surface area contributed by atoms with Crippen molar-refractivity contribution >= 4 is 5.69 Å². The summed E-state index contributed by atoms with van der Waals surface area (Å²) < 4.78 is 5.35. The molecular formula is C25H22N2O2. The molecule has 0 bridgehead atoms. The van der Waals surface area contributed by atoms with Crippen LogP contribution in [0.4, 0.5) is 5.69 Å². The van der Waals surface area contributed by atoms with Crippen LogP contribution >= 0.6 is 0 Å². The second-order valence-corrected chi connectivity index (χ2v) is 7.85. The standard InChI is InChI=1S/C25H22N2O2/c1-29-23-13-17(8-11-22(23)28)25-19-9-7-16-4-2-3-5-18(16)24(19)20-12-15(14-26)6-10-21(20)27-25/h2-6,8,10-13,19,24-25,27-28H,7,9H2,1H3/t19-,24+,25?/m1/s1. The zero-order chi connectivity index (χ0) is 20.0. The lowest BCUT2D eigenvalue weighted by Gasteiger charge is -2.44. The predicted molar refractivity (Wildman–Crippen MR) is 112 cm³/mol. The Morgan fingerprint density at radius 3 is 2.76 bits per heavy atom. The number of aromatic hydroxyl groups is 1. The second kappa shape index (κ2) is 6.86. The fourth-order valence-electron chi connectivity index (χ4n) is 5.06. The summed E-state index contributed by atoms with van der Waals surface area (Å²) in [6, 6.07) is 22.6. The highest BCUT2D eigenvalue weighted by Gasteiger charge is 2.41. The van der Waals surface area contributed by atoms with Crippen LogP contribution in [0.15, 0.2) is 60.7 Å². The number of rotatable bonds is 2. The van der Waals surface area contributed by atoms with Crippen LogP contribution in [0.25, 0.3) is 0 Å². The van der Waals surface area contributed by atoms with Crippen molar-refractivity contribution in [2.45, 2.75) is 24.8 Å². The molecule has 3 atom stereocenters. The van der Waals surface area contributed by atoms with Gasteiger partial charge in [0.1, 0.15) is 0 Å². The van der Waals surface area contributed by atoms with E-state index >= 15 is 0 Å². The summed E-state index contributed by atoms with van der Waals surface area (Å²) in [5.41, 5.74) is 6.81. The van der Waals surface area contributed by atoms with Gasteiger partial charge in [0.2, 0.25) is 0 Å². The van der Waals surface area contributed by atoms with Crippen LogP contribution in [0.3, 0.4) is 0 Å². The molecule has 0 saturated heterocycles. The summed E-state index contributed by atoms with van der Waals surface area (Å²) in [5.74, 6) is 1.22. The highest BCUT2D eigenvalue weighted by molar-refractivity contribution is 5.64. The van der Waals surface area contributed by atoms with E-state index in [0.29, 0.717) is 17.2 Å². The molecule has 3 aromatic carbocycles. The Labute approximate surface area is 170 Å². The molecule has 29 heavy (non-hydrogen) atoms. The Morgan fingerprint density at radius 2 is 1.93 bits per heavy atom. The molecule has 1 unspecified atom stereocenters. The number of hydrogen-bond acceptors (Lipinski definition) is 4. The van der Waals surface area contributed by atoms with Crippen LogP contribution in [0.1, 0.15) is 46.2 Å². The molecule has 1 heterocycles. The Hall–Kier alpha value is -3.45. The first kappa shape index (κ1) is 17.6. The first-order valence-corrected chi connectivity index (χ1v) is 9.95. The summed E-state index contributed by atoms with van der Waals surface area (Å²) in [5, 5.41) is 23.2. The summed E-state index contributed by atoms with van der Waals surface area (Å²) in [6.45, 7) is 0. The molecular weight excluding hydrogens is 360 g/mol. The molecule has 2 aliphatic rings. The van der Waals surface area contributed by atoms with Crippen LogP contribution in [0.2, 0.25) is 0 Å². The van der Waals surface area contributed by atoms with Crippen molar-refractivity contribution in [2.24, 2.45) is 5.92 Å². The number of aryl methyl sites for hydroxylation is 1. The predicted octanol–water partition coefficient (Wildman–Crippen LogP) is 5.13. The minimum absolute atomic E-state index is 0.100. The quantitative estimate of drug-likeness (QED) is 0.645. The maximum atomic E-state index is 10.0. The van der Waals surface area contributed by atoms with Crippen molar-refractivity contribution in [3.63, 3.8) is 0 Å². The Kier molecular flexibility index (Phi) is 4.17. The molecule has 0 radical (unpaired) electrons. The van der Waals surface area contributed by atoms with Gasteiger partial charge >= 0.3 is 0 Å². The molecule has 0 fully saturated rings. The lowest BCUT2D eigenvalue weighted by atomic mass is 9.65. The smallest absolute Gasteiger partial charge is 0.160 e. The van der Waals surface area contributed by atoms with Gasteiger partial charge in [0.15, 0.2) is 11.5 Å². The molecule has 4 nitrogen and oxygen atoms in total. The topological polar surface area (TPSA) is 65.3 Å². The summed E-state index contributed by atoms with van der Waals surface area (Å²) in [4.78, 5) is 0. The van der Waals surface area contributed by atoms with E-state index < -0.39 is 0 Å². The van der Waals surface area contributed by atoms with Gasteiger partial charge in [-0.3, -0.25) is 0 Å². The van der Waals surface area contributed by atoms with Gasteiger partial charge in [-0.1, -0.05) is 30.3 Å². The van der Waals surface area contributed by atoms with Crippen molar-refractivity contribution in [1.29, 1.82) is 5.26 Å². The van der Waals surface area contributed by atoms with E-state index in [0.717, 1.165) is 24.1 Å². The average Bonchev–Trinajstić information content (AvgIpc) is 2.78. The monoisotopic (exact) mass is 382 g/mol. The lowest BCUT2D eigenvalue weighted by molar-refractivity contribution is 0.344. The molecule has 0 aromatic heterocycles. The maximum absolute atomic E-state index is 10.0. The van der Waals surface area contributed by atoms with E-state index in [9.17, 15) is 10.4 Å². The molecule has 144 valence electrons. The minimum atomic E-state index is 0.100. The first-order valence-electron chi connectivity index (χ1n) is 9.95. The molecule has 1 aliphatic heterocycles. The molecule has 5 rings (SSSR count). The molecule has 3 aromatic rings. The zero-order valence-corrected chi connectivity index (χ0v) is 16.2. The van der Waals surface area contributed by atoms with Gasteiger partial charge in [0, 0.05) is 11.6 Å². The molecule has 4 heteroatoms. The number of benzene rings is 3. The molecule has 0 saturated carbocycles. The van der Waals surface area contributed by atoms with Gasteiger partial charge in [0.05, 0.1) is 24.8 Å². The number of phenolic OH excluding ortho intramolecular Hbond substituents is 1. The van der Waals surface area contributed by atoms with E-state index in [2.05, 4.69) is 35.7 Å². The lowest BCUT2D eigenvalue weighted by Crippen LogP contribution is -2.35. The molecule has 1 aliphatic carbocycles. The van der Waals surface area contributed by atoms with E-state index in [4.69, 9.17) is 4.74 Å². The molecule has 2 N–H and O–H groups in total. The maximum Gasteiger partial charge on any atom is 0.160 e. The van der Waals surface area contributed by atoms with Crippen molar-refractivity contribution in [3.05, 3.63) is 88.5 Å². The Morgan fingerprint density at radius 1 is 1.07 bits per heavy atom. The summed E-state index contributed by atoms with van der Waals surface area (Å²) in [7, 11) is 1.57. The van der Waals surface area contributed by atoms with Gasteiger partial charge in [-0.15, -0.1) is 0 Å². The largest absolute Gasteiger partial charge is 0.504 e. The van der Waals surface area contributed by atoms with E-state index in [1.165, 1.54) is 16.7 Å². The second-order valence-electron chi connectivity index (χ2n) is 7.85. The van der Waals surface area contributed by atoms with E-state index in [-0.39, 0.29) is 17.7 Å². The van der Waals surface area contributed by atoms with Gasteiger partial charge in [-0.05, 0) is 71.3 Å². The number of fused-ring (bicyclic) bond motifs is 5. The zero-order valence-electron chi connectivity index (χ0n) is 16.2. The van der Waals surface area contributed by atoms with E-state index in [1.807, 2.05) is 30.3 Å². The number of hydrogen-bond donors (Lipinski definition) is 2. The third kappa shape index (κ3) is 2.82. The number of methoxy groups -OCH3 is 1. The Bertz CT molecular complexity index is 1130. The number of nitrogens with zero attached hydrogens (tertiary/aromatic N) is 1. The van der Waals surface area contributed by atoms with Gasteiger partial charge in [0.25, 0.3) is 0 Å². The first-order chi connectivity index (χ1) is 14.2. The van der Waals surface area contributed by atoms with Crippen LogP contribution in [0, 0.1) is 17.2 Å². The van der Waals surface area contributed by atoms with Crippen molar-refractivity contribution in [1.82, 2.24) is 0 Å². The minimum Gasteiger partial charge on any atom is -0.504 e. The van der Waals surface area contributed by atoms with Gasteiger partial charge < -0.3 is 15.2 Å². The Balaban J connectivity index is 1.68. The van der Waals surface area contributed by atoms with Crippen LogP contribution in [0.5, 0.6) is 11.5 Å². The molecule has 0 spiro atoms. The SMILES string of the molecule is COc1cc(C2Nc3ccc(C#N)cc3[C@H]3c4ccccc4CC[C@@H]23)ccc1O. The normalized spacial score (nSPS) is 21.7. The molecule has 0 amide bonds. The number of ether oxygens (including phenoxy) is 1. The van der Waals surface area contributed by atoms with Crippen LogP contribution < -0.4 is 10.1 Å². The third-order valence-corrected chi connectivity index (χ3v) is 6.38. The highest BCUT2D eigenvalue weighted by Crippen LogP contribution is 2.53. The third-order valence-electron chi connectivity index (χ3n) is 6.38. The van der Waals surface area contributed by atoms with Crippen molar-refractivity contribution in [2.75, 3.05) is 12.4 Å². The van der Waals surface area contributed by atoms with E-state index in [1.54, 1.807) is 13.2 Å². The van der Waals surface area contributed by atoms with Crippen molar-refractivity contribution < 1.29 is 9.84 Å². The summed E-state index contributed by atoms with van der Waals surface area (Å²) in [6.07, 6.45) is 2.09. The highest BCUT2D eigenvalue weighted by atomic mass is 16.5. The van der Waals surface area contributed by atoms with Crippen LogP contribution in [-0.4, -0.2) is 12.2 Å². The number of nitrogens with one attached hydrogen (secondary N) is 1. The van der Waals surface area contributed by atoms with Crippen LogP contribution in [-0.2, 0) is 6.42 Å². The van der Waals surface area contributed by atoms with Gasteiger partial charge in [-0.25, -0.2) is 0 Å².